The lowest BCUT2D eigenvalue weighted by molar-refractivity contribution is -0.122. The first-order valence-corrected chi connectivity index (χ1v) is 11.2. The molecule has 2 saturated heterocycles. The Morgan fingerprint density at radius 2 is 2.00 bits per heavy atom. The number of carbonyl (C=O) groups excluding carboxylic acids is 2. The van der Waals surface area contributed by atoms with E-state index in [1.165, 1.54) is 4.90 Å². The molecule has 32 heavy (non-hydrogen) atoms. The van der Waals surface area contributed by atoms with Crippen LogP contribution in [-0.4, -0.2) is 40.8 Å². The van der Waals surface area contributed by atoms with E-state index in [9.17, 15) is 9.59 Å². The highest BCUT2D eigenvalue weighted by molar-refractivity contribution is 7.80. The number of thiocarbonyl (C=S) groups is 1. The van der Waals surface area contributed by atoms with Crippen molar-refractivity contribution < 1.29 is 19.1 Å². The Morgan fingerprint density at radius 3 is 2.66 bits per heavy atom. The van der Waals surface area contributed by atoms with E-state index in [0.717, 1.165) is 42.9 Å². The predicted octanol–water partition coefficient (Wildman–Crippen LogP) is 3.51. The van der Waals surface area contributed by atoms with Gasteiger partial charge in [-0.1, -0.05) is 0 Å². The standard InChI is InChI=1S/C24H27N3O4S/c1-4-30-19-9-7-18(8-10-19)27-23(29)21(22(28)25-24(27)32)13-17-12-15(2)26(16(17)3)14-20-6-5-11-31-20/h7-10,12-13,20H,4-6,11,14H2,1-3H3,(H,25,28,32)/b21-13+/t20-/m1/s1. The van der Waals surface area contributed by atoms with Gasteiger partial charge in [0.25, 0.3) is 11.8 Å². The molecule has 8 heteroatoms. The van der Waals surface area contributed by atoms with E-state index in [1.807, 2.05) is 26.8 Å². The number of benzene rings is 1. The average molecular weight is 454 g/mol. The smallest absolute Gasteiger partial charge is 0.270 e. The number of aryl methyl sites for hydroxylation is 1. The second kappa shape index (κ2) is 9.26. The number of amides is 2. The number of aromatic nitrogens is 1. The van der Waals surface area contributed by atoms with Crippen LogP contribution >= 0.6 is 12.2 Å². The fourth-order valence-corrected chi connectivity index (χ4v) is 4.43. The van der Waals surface area contributed by atoms with Crippen molar-refractivity contribution >= 4 is 40.9 Å². The van der Waals surface area contributed by atoms with Crippen LogP contribution in [0, 0.1) is 13.8 Å². The second-order valence-corrected chi connectivity index (χ2v) is 8.34. The first-order chi connectivity index (χ1) is 15.4. The van der Waals surface area contributed by atoms with Gasteiger partial charge in [0, 0.05) is 24.5 Å². The van der Waals surface area contributed by atoms with Crippen molar-refractivity contribution in [2.45, 2.75) is 46.3 Å². The maximum Gasteiger partial charge on any atom is 0.270 e. The average Bonchev–Trinajstić information content (AvgIpc) is 3.36. The number of carbonyl (C=O) groups is 2. The molecule has 1 atom stereocenters. The first kappa shape index (κ1) is 22.2. The van der Waals surface area contributed by atoms with E-state index in [-0.39, 0.29) is 16.8 Å². The van der Waals surface area contributed by atoms with Gasteiger partial charge in [-0.3, -0.25) is 19.8 Å². The van der Waals surface area contributed by atoms with Crippen LogP contribution in [0.2, 0.25) is 0 Å². The maximum atomic E-state index is 13.3. The molecule has 7 nitrogen and oxygen atoms in total. The van der Waals surface area contributed by atoms with E-state index in [4.69, 9.17) is 21.7 Å². The summed E-state index contributed by atoms with van der Waals surface area (Å²) in [5.41, 5.74) is 3.50. The van der Waals surface area contributed by atoms with E-state index in [2.05, 4.69) is 9.88 Å². The van der Waals surface area contributed by atoms with Crippen molar-refractivity contribution in [2.24, 2.45) is 0 Å². The minimum absolute atomic E-state index is 0.0462. The van der Waals surface area contributed by atoms with Gasteiger partial charge in [-0.05, 0) is 87.8 Å². The van der Waals surface area contributed by atoms with Crippen molar-refractivity contribution in [3.63, 3.8) is 0 Å². The molecular weight excluding hydrogens is 426 g/mol. The molecule has 2 aromatic rings. The Hall–Kier alpha value is -2.97. The Morgan fingerprint density at radius 1 is 1.25 bits per heavy atom. The predicted molar refractivity (Wildman–Crippen MR) is 127 cm³/mol. The molecule has 1 aromatic carbocycles. The maximum absolute atomic E-state index is 13.3. The topological polar surface area (TPSA) is 72.8 Å². The summed E-state index contributed by atoms with van der Waals surface area (Å²) in [7, 11) is 0. The lowest BCUT2D eigenvalue weighted by Gasteiger charge is -2.29. The number of anilines is 1. The molecule has 2 aliphatic heterocycles. The number of rotatable bonds is 6. The van der Waals surface area contributed by atoms with Crippen molar-refractivity contribution in [1.82, 2.24) is 9.88 Å². The molecular formula is C24H27N3O4S. The SMILES string of the molecule is CCOc1ccc(N2C(=O)/C(=C/c3cc(C)n(C[C@H]4CCCO4)c3C)C(=O)NC2=S)cc1. The summed E-state index contributed by atoms with van der Waals surface area (Å²) in [4.78, 5) is 27.3. The summed E-state index contributed by atoms with van der Waals surface area (Å²) in [5.74, 6) is -0.247. The summed E-state index contributed by atoms with van der Waals surface area (Å²) in [6.07, 6.45) is 3.97. The van der Waals surface area contributed by atoms with E-state index in [0.29, 0.717) is 18.0 Å². The zero-order chi connectivity index (χ0) is 22.8. The third-order valence-electron chi connectivity index (χ3n) is 5.83. The fraction of sp³-hybridized carbons (Fsp3) is 0.375. The van der Waals surface area contributed by atoms with Crippen LogP contribution < -0.4 is 15.0 Å². The van der Waals surface area contributed by atoms with Gasteiger partial charge in [0.2, 0.25) is 0 Å². The summed E-state index contributed by atoms with van der Waals surface area (Å²) in [6.45, 7) is 8.04. The summed E-state index contributed by atoms with van der Waals surface area (Å²) in [6, 6.07) is 9.03. The lowest BCUT2D eigenvalue weighted by atomic mass is 10.1. The van der Waals surface area contributed by atoms with Crippen LogP contribution in [0.15, 0.2) is 35.9 Å². The first-order valence-electron chi connectivity index (χ1n) is 10.8. The number of nitrogens with one attached hydrogen (secondary N) is 1. The monoisotopic (exact) mass is 453 g/mol. The van der Waals surface area contributed by atoms with Gasteiger partial charge in [0.05, 0.1) is 18.4 Å². The van der Waals surface area contributed by atoms with Gasteiger partial charge in [0.15, 0.2) is 5.11 Å². The molecule has 0 radical (unpaired) electrons. The Balaban J connectivity index is 1.63. The molecule has 0 bridgehead atoms. The zero-order valence-corrected chi connectivity index (χ0v) is 19.3. The second-order valence-electron chi connectivity index (χ2n) is 7.96. The Bertz CT molecular complexity index is 1080. The van der Waals surface area contributed by atoms with Crippen molar-refractivity contribution in [3.05, 3.63) is 52.9 Å². The molecule has 2 amide bonds. The van der Waals surface area contributed by atoms with Crippen molar-refractivity contribution in [3.8, 4) is 5.75 Å². The van der Waals surface area contributed by atoms with Crippen molar-refractivity contribution in [2.75, 3.05) is 18.1 Å². The molecule has 0 saturated carbocycles. The van der Waals surface area contributed by atoms with Gasteiger partial charge in [0.1, 0.15) is 11.3 Å². The lowest BCUT2D eigenvalue weighted by Crippen LogP contribution is -2.54. The molecule has 4 rings (SSSR count). The summed E-state index contributed by atoms with van der Waals surface area (Å²) < 4.78 is 13.4. The number of hydrogen-bond acceptors (Lipinski definition) is 5. The molecule has 2 fully saturated rings. The molecule has 168 valence electrons. The third kappa shape index (κ3) is 4.33. The quantitative estimate of drug-likeness (QED) is 0.412. The van der Waals surface area contributed by atoms with Gasteiger partial charge >= 0.3 is 0 Å². The summed E-state index contributed by atoms with van der Waals surface area (Å²) in [5, 5.41) is 2.70. The molecule has 0 unspecified atom stereocenters. The molecule has 2 aliphatic rings. The van der Waals surface area contributed by atoms with Crippen molar-refractivity contribution in [1.29, 1.82) is 0 Å². The largest absolute Gasteiger partial charge is 0.494 e. The van der Waals surface area contributed by atoms with Gasteiger partial charge < -0.3 is 14.0 Å². The van der Waals surface area contributed by atoms with E-state index < -0.39 is 11.8 Å². The minimum atomic E-state index is -0.494. The van der Waals surface area contributed by atoms with Crippen LogP contribution in [0.5, 0.6) is 5.75 Å². The van der Waals surface area contributed by atoms with Gasteiger partial charge in [-0.25, -0.2) is 0 Å². The number of ether oxygens (including phenoxy) is 2. The number of hydrogen-bond donors (Lipinski definition) is 1. The van der Waals surface area contributed by atoms with Crippen LogP contribution in [0.3, 0.4) is 0 Å². The molecule has 0 spiro atoms. The Labute approximate surface area is 193 Å². The zero-order valence-electron chi connectivity index (χ0n) is 18.5. The molecule has 0 aliphatic carbocycles. The van der Waals surface area contributed by atoms with Crippen LogP contribution in [0.1, 0.15) is 36.7 Å². The van der Waals surface area contributed by atoms with Gasteiger partial charge in [-0.2, -0.15) is 0 Å². The van der Waals surface area contributed by atoms with Crippen LogP contribution in [0.25, 0.3) is 6.08 Å². The summed E-state index contributed by atoms with van der Waals surface area (Å²) >= 11 is 5.29. The minimum Gasteiger partial charge on any atom is -0.494 e. The Kier molecular flexibility index (Phi) is 6.43. The normalized spacial score (nSPS) is 20.2. The highest BCUT2D eigenvalue weighted by Gasteiger charge is 2.34. The van der Waals surface area contributed by atoms with E-state index in [1.54, 1.807) is 30.3 Å². The number of nitrogens with zero attached hydrogens (tertiary/aromatic N) is 2. The van der Waals surface area contributed by atoms with E-state index >= 15 is 0 Å². The fourth-order valence-electron chi connectivity index (χ4n) is 4.15. The van der Waals surface area contributed by atoms with Crippen LogP contribution in [0.4, 0.5) is 5.69 Å². The molecule has 1 aromatic heterocycles. The highest BCUT2D eigenvalue weighted by Crippen LogP contribution is 2.26. The molecule has 1 N–H and O–H groups in total. The van der Waals surface area contributed by atoms with Crippen LogP contribution in [-0.2, 0) is 20.9 Å². The van der Waals surface area contributed by atoms with Gasteiger partial charge in [-0.15, -0.1) is 0 Å². The molecule has 3 heterocycles. The third-order valence-corrected chi connectivity index (χ3v) is 6.12. The highest BCUT2D eigenvalue weighted by atomic mass is 32.1.